The quantitative estimate of drug-likeness (QED) is 0.512. The number of rotatable bonds is 7. The molecular weight excluding hydrogens is 458 g/mol. The van der Waals surface area contributed by atoms with Gasteiger partial charge in [-0.3, -0.25) is 9.36 Å². The van der Waals surface area contributed by atoms with Crippen LogP contribution in [0, 0.1) is 0 Å². The maximum atomic E-state index is 12.8. The van der Waals surface area contributed by atoms with Crippen molar-refractivity contribution < 1.29 is 19.2 Å². The molecule has 2 aromatic carbocycles. The number of aromatic nitrogens is 2. The van der Waals surface area contributed by atoms with E-state index in [0.717, 1.165) is 61.5 Å². The highest BCUT2D eigenvalue weighted by atomic mass is 16.5. The summed E-state index contributed by atoms with van der Waals surface area (Å²) >= 11 is 0. The summed E-state index contributed by atoms with van der Waals surface area (Å²) in [6.45, 7) is 5.43. The number of methoxy groups -OCH3 is 2. The van der Waals surface area contributed by atoms with Gasteiger partial charge in [0.1, 0.15) is 5.82 Å². The minimum atomic E-state index is -0.254. The second-order valence-electron chi connectivity index (χ2n) is 9.16. The molecule has 0 atom stereocenters. The Balaban J connectivity index is 1.21. The topological polar surface area (TPSA) is 90.1 Å². The molecule has 3 aromatic rings. The third kappa shape index (κ3) is 4.79. The van der Waals surface area contributed by atoms with E-state index in [1.165, 1.54) is 4.90 Å². The number of benzene rings is 2. The van der Waals surface area contributed by atoms with Crippen LogP contribution in [0.2, 0.25) is 0 Å². The van der Waals surface area contributed by atoms with Crippen molar-refractivity contribution in [2.24, 2.45) is 0 Å². The molecule has 0 saturated carbocycles. The summed E-state index contributed by atoms with van der Waals surface area (Å²) < 4.78 is 12.7. The molecule has 1 saturated heterocycles. The molecule has 1 amide bonds. The molecule has 9 nitrogen and oxygen atoms in total. The van der Waals surface area contributed by atoms with Gasteiger partial charge in [0.05, 0.1) is 59.2 Å². The molecule has 0 unspecified atom stereocenters. The minimum absolute atomic E-state index is 0.0982. The average Bonchev–Trinajstić information content (AvgIpc) is 2.92. The van der Waals surface area contributed by atoms with Crippen molar-refractivity contribution in [1.29, 1.82) is 0 Å². The van der Waals surface area contributed by atoms with Gasteiger partial charge in [-0.2, -0.15) is 4.98 Å². The van der Waals surface area contributed by atoms with E-state index in [9.17, 15) is 9.59 Å². The molecule has 36 heavy (non-hydrogen) atoms. The zero-order valence-electron chi connectivity index (χ0n) is 20.8. The SMILES string of the molecule is COc1cc2c(cc1OC)-c1cc(NCC[NH+]3CCN(C(=O)c4ccccc4)CC3)nc(=O)n1CC2. The van der Waals surface area contributed by atoms with Gasteiger partial charge in [0, 0.05) is 23.7 Å². The zero-order valence-corrected chi connectivity index (χ0v) is 20.8. The van der Waals surface area contributed by atoms with Crippen LogP contribution in [-0.4, -0.2) is 73.8 Å². The number of amides is 1. The molecule has 2 aliphatic heterocycles. The fourth-order valence-corrected chi connectivity index (χ4v) is 5.04. The highest BCUT2D eigenvalue weighted by Crippen LogP contribution is 2.38. The molecule has 188 valence electrons. The number of nitrogens with one attached hydrogen (secondary N) is 2. The number of aryl methyl sites for hydroxylation is 1. The number of hydrogen-bond donors (Lipinski definition) is 2. The summed E-state index contributed by atoms with van der Waals surface area (Å²) in [5.41, 5.74) is 3.41. The maximum absolute atomic E-state index is 12.8. The van der Waals surface area contributed by atoms with Crippen LogP contribution in [0.15, 0.2) is 53.3 Å². The third-order valence-corrected chi connectivity index (χ3v) is 7.06. The molecular formula is C27H32N5O4+. The lowest BCUT2D eigenvalue weighted by Gasteiger charge is -2.32. The summed E-state index contributed by atoms with van der Waals surface area (Å²) in [4.78, 5) is 33.1. The first kappa shape index (κ1) is 23.9. The minimum Gasteiger partial charge on any atom is -0.493 e. The van der Waals surface area contributed by atoms with Gasteiger partial charge in [-0.05, 0) is 36.2 Å². The number of anilines is 1. The van der Waals surface area contributed by atoms with Gasteiger partial charge in [-0.15, -0.1) is 0 Å². The van der Waals surface area contributed by atoms with E-state index in [-0.39, 0.29) is 11.6 Å². The summed E-state index contributed by atoms with van der Waals surface area (Å²) in [6.07, 6.45) is 0.735. The van der Waals surface area contributed by atoms with Crippen LogP contribution in [0.1, 0.15) is 15.9 Å². The van der Waals surface area contributed by atoms with E-state index in [1.54, 1.807) is 18.8 Å². The molecule has 5 rings (SSSR count). The predicted molar refractivity (Wildman–Crippen MR) is 137 cm³/mol. The van der Waals surface area contributed by atoms with E-state index in [1.807, 2.05) is 53.4 Å². The fourth-order valence-electron chi connectivity index (χ4n) is 5.04. The lowest BCUT2D eigenvalue weighted by molar-refractivity contribution is -0.902. The van der Waals surface area contributed by atoms with Gasteiger partial charge in [0.25, 0.3) is 5.91 Å². The Morgan fingerprint density at radius 1 is 1.03 bits per heavy atom. The van der Waals surface area contributed by atoms with Crippen molar-refractivity contribution >= 4 is 11.7 Å². The summed E-state index contributed by atoms with van der Waals surface area (Å²) in [5, 5.41) is 3.34. The van der Waals surface area contributed by atoms with E-state index in [2.05, 4.69) is 10.3 Å². The lowest BCUT2D eigenvalue weighted by atomic mass is 9.97. The first-order valence-corrected chi connectivity index (χ1v) is 12.4. The van der Waals surface area contributed by atoms with E-state index in [0.29, 0.717) is 30.4 Å². The van der Waals surface area contributed by atoms with E-state index in [4.69, 9.17) is 9.47 Å². The zero-order chi connectivity index (χ0) is 25.1. The first-order valence-electron chi connectivity index (χ1n) is 12.4. The molecule has 1 fully saturated rings. The number of ether oxygens (including phenoxy) is 2. The predicted octanol–water partition coefficient (Wildman–Crippen LogP) is 0.936. The second-order valence-corrected chi connectivity index (χ2v) is 9.16. The number of carbonyl (C=O) groups excluding carboxylic acids is 1. The Labute approximate surface area is 210 Å². The van der Waals surface area contributed by atoms with Crippen LogP contribution in [0.4, 0.5) is 5.82 Å². The molecule has 9 heteroatoms. The molecule has 0 bridgehead atoms. The molecule has 1 aromatic heterocycles. The third-order valence-electron chi connectivity index (χ3n) is 7.06. The van der Waals surface area contributed by atoms with Gasteiger partial charge in [-0.25, -0.2) is 4.79 Å². The number of nitrogens with zero attached hydrogens (tertiary/aromatic N) is 3. The van der Waals surface area contributed by atoms with Crippen molar-refractivity contribution in [2.45, 2.75) is 13.0 Å². The van der Waals surface area contributed by atoms with E-state index < -0.39 is 0 Å². The van der Waals surface area contributed by atoms with Gasteiger partial charge in [0.15, 0.2) is 11.5 Å². The molecule has 2 N–H and O–H groups in total. The Bertz CT molecular complexity index is 1300. The summed E-state index contributed by atoms with van der Waals surface area (Å²) in [6, 6.07) is 15.3. The highest BCUT2D eigenvalue weighted by Gasteiger charge is 2.25. The highest BCUT2D eigenvalue weighted by molar-refractivity contribution is 5.94. The Morgan fingerprint density at radius 2 is 1.75 bits per heavy atom. The van der Waals surface area contributed by atoms with Crippen molar-refractivity contribution in [2.75, 3.05) is 58.8 Å². The number of hydrogen-bond acceptors (Lipinski definition) is 6. The largest absolute Gasteiger partial charge is 0.493 e. The maximum Gasteiger partial charge on any atom is 0.349 e. The van der Waals surface area contributed by atoms with Crippen LogP contribution in [0.3, 0.4) is 0 Å². The summed E-state index contributed by atoms with van der Waals surface area (Å²) in [7, 11) is 3.24. The molecule has 2 aliphatic rings. The second kappa shape index (κ2) is 10.4. The number of carbonyl (C=O) groups is 1. The van der Waals surface area contributed by atoms with Gasteiger partial charge in [0.2, 0.25) is 0 Å². The number of fused-ring (bicyclic) bond motifs is 3. The average molecular weight is 491 g/mol. The van der Waals surface area contributed by atoms with E-state index >= 15 is 0 Å². The van der Waals surface area contributed by atoms with Gasteiger partial charge >= 0.3 is 5.69 Å². The lowest BCUT2D eigenvalue weighted by Crippen LogP contribution is -3.15. The Kier molecular flexibility index (Phi) is 6.90. The number of quaternary nitrogens is 1. The monoisotopic (exact) mass is 490 g/mol. The standard InChI is InChI=1S/C27H31N5O4/c1-35-23-16-20-8-10-32-22(21(20)17-24(23)36-2)18-25(29-27(32)34)28-9-11-30-12-14-31(15-13-30)26(33)19-6-4-3-5-7-19/h3-7,16-18H,8-15H2,1-2H3,(H,28,29,34)/p+1. The van der Waals surface area contributed by atoms with Crippen molar-refractivity contribution in [3.63, 3.8) is 0 Å². The van der Waals surface area contributed by atoms with Crippen LogP contribution < -0.4 is 25.4 Å². The van der Waals surface area contributed by atoms with Gasteiger partial charge < -0.3 is 24.6 Å². The summed E-state index contributed by atoms with van der Waals surface area (Å²) in [5.74, 6) is 2.00. The smallest absolute Gasteiger partial charge is 0.349 e. The van der Waals surface area contributed by atoms with Crippen LogP contribution in [-0.2, 0) is 13.0 Å². The normalized spacial score (nSPS) is 15.1. The fraction of sp³-hybridized carbons (Fsp3) is 0.370. The Hall–Kier alpha value is -3.85. The molecule has 0 spiro atoms. The van der Waals surface area contributed by atoms with Crippen molar-refractivity contribution in [1.82, 2.24) is 14.5 Å². The van der Waals surface area contributed by atoms with Crippen molar-refractivity contribution in [3.8, 4) is 22.8 Å². The van der Waals surface area contributed by atoms with Crippen molar-refractivity contribution in [3.05, 3.63) is 70.1 Å². The Morgan fingerprint density at radius 3 is 2.47 bits per heavy atom. The van der Waals surface area contributed by atoms with Crippen LogP contribution in [0.25, 0.3) is 11.3 Å². The molecule has 3 heterocycles. The number of piperazine rings is 1. The molecule has 0 aliphatic carbocycles. The first-order chi connectivity index (χ1) is 17.6. The molecule has 0 radical (unpaired) electrons. The van der Waals surface area contributed by atoms with Gasteiger partial charge in [-0.1, -0.05) is 18.2 Å². The van der Waals surface area contributed by atoms with Crippen LogP contribution >= 0.6 is 0 Å². The van der Waals surface area contributed by atoms with Crippen LogP contribution in [0.5, 0.6) is 11.5 Å².